The molecule has 0 radical (unpaired) electrons. The van der Waals surface area contributed by atoms with Gasteiger partial charge in [0, 0.05) is 37.2 Å². The molecule has 0 atom stereocenters. The Labute approximate surface area is 164 Å². The number of halogens is 2. The van der Waals surface area contributed by atoms with E-state index in [9.17, 15) is 4.39 Å². The van der Waals surface area contributed by atoms with Gasteiger partial charge in [-0.05, 0) is 25.0 Å². The Morgan fingerprint density at radius 2 is 2.26 bits per heavy atom. The Balaban J connectivity index is 1.57. The molecule has 140 valence electrons. The third-order valence-corrected chi connectivity index (χ3v) is 5.15. The van der Waals surface area contributed by atoms with Crippen molar-refractivity contribution in [2.75, 3.05) is 18.4 Å². The quantitative estimate of drug-likeness (QED) is 0.786. The number of anilines is 1. The number of rotatable bonds is 4. The summed E-state index contributed by atoms with van der Waals surface area (Å²) in [6.07, 6.45) is 4.66. The van der Waals surface area contributed by atoms with Crippen molar-refractivity contribution in [2.45, 2.75) is 19.3 Å². The van der Waals surface area contributed by atoms with Crippen molar-refractivity contribution in [2.24, 2.45) is 4.99 Å². The van der Waals surface area contributed by atoms with Gasteiger partial charge >= 0.3 is 0 Å². The fraction of sp³-hybridized carbons (Fsp3) is 0.278. The van der Waals surface area contributed by atoms with E-state index in [1.165, 1.54) is 17.4 Å². The maximum atomic E-state index is 13.6. The Morgan fingerprint density at radius 1 is 1.33 bits per heavy atom. The zero-order valence-corrected chi connectivity index (χ0v) is 15.9. The molecule has 0 fully saturated rings. The summed E-state index contributed by atoms with van der Waals surface area (Å²) < 4.78 is 19.4. The second-order valence-corrected chi connectivity index (χ2v) is 7.31. The fourth-order valence-corrected chi connectivity index (χ4v) is 3.57. The van der Waals surface area contributed by atoms with Gasteiger partial charge in [-0.15, -0.1) is 11.3 Å². The van der Waals surface area contributed by atoms with E-state index in [4.69, 9.17) is 16.3 Å². The minimum absolute atomic E-state index is 0.257. The molecule has 0 bridgehead atoms. The van der Waals surface area contributed by atoms with Gasteiger partial charge in [0.1, 0.15) is 11.6 Å². The number of guanidine groups is 1. The van der Waals surface area contributed by atoms with Crippen molar-refractivity contribution < 1.29 is 9.13 Å². The Hall–Kier alpha value is -2.45. The molecule has 0 aromatic carbocycles. The lowest BCUT2D eigenvalue weighted by molar-refractivity contribution is 0.413. The Kier molecular flexibility index (Phi) is 5.35. The van der Waals surface area contributed by atoms with Gasteiger partial charge in [0.15, 0.2) is 11.1 Å². The average Bonchev–Trinajstić information content (AvgIpc) is 3.14. The summed E-state index contributed by atoms with van der Waals surface area (Å²) in [4.78, 5) is 13.2. The Bertz CT molecular complexity index is 939. The zero-order valence-electron chi connectivity index (χ0n) is 14.3. The first kappa shape index (κ1) is 17.9. The molecular weight excluding hydrogens is 389 g/mol. The molecule has 27 heavy (non-hydrogen) atoms. The van der Waals surface area contributed by atoms with Gasteiger partial charge in [0.2, 0.25) is 5.88 Å². The maximum absolute atomic E-state index is 13.6. The number of thiazole rings is 1. The topological polar surface area (TPSA) is 71.4 Å². The molecule has 4 rings (SSSR count). The van der Waals surface area contributed by atoms with Crippen LogP contribution in [0.4, 0.5) is 9.52 Å². The molecule has 2 aliphatic rings. The number of hydrogen-bond acceptors (Lipinski definition) is 7. The third-order valence-electron chi connectivity index (χ3n) is 4.02. The number of aromatic nitrogens is 2. The molecule has 0 saturated carbocycles. The number of hydrogen-bond donors (Lipinski definition) is 2. The first-order valence-corrected chi connectivity index (χ1v) is 9.83. The zero-order chi connectivity index (χ0) is 18.6. The van der Waals surface area contributed by atoms with Crippen LogP contribution in [0, 0.1) is 0 Å². The molecule has 0 unspecified atom stereocenters. The van der Waals surface area contributed by atoms with Crippen LogP contribution < -0.4 is 15.4 Å². The summed E-state index contributed by atoms with van der Waals surface area (Å²) in [6.45, 7) is 1.69. The van der Waals surface area contributed by atoms with Crippen molar-refractivity contribution in [1.82, 2.24) is 15.3 Å². The summed E-state index contributed by atoms with van der Waals surface area (Å²) in [5.41, 5.74) is 1.41. The number of nitrogens with one attached hydrogen (secondary N) is 2. The van der Waals surface area contributed by atoms with E-state index < -0.39 is 0 Å². The van der Waals surface area contributed by atoms with Crippen molar-refractivity contribution in [3.63, 3.8) is 0 Å². The molecule has 0 spiro atoms. The van der Waals surface area contributed by atoms with Gasteiger partial charge in [-0.3, -0.25) is 4.99 Å². The molecule has 2 aromatic rings. The molecule has 3 heterocycles. The first-order valence-electron chi connectivity index (χ1n) is 8.58. The summed E-state index contributed by atoms with van der Waals surface area (Å²) in [5.74, 6) is 1.09. The monoisotopic (exact) mass is 405 g/mol. The van der Waals surface area contributed by atoms with Crippen molar-refractivity contribution in [1.29, 1.82) is 0 Å². The number of pyridine rings is 1. The highest BCUT2D eigenvalue weighted by molar-refractivity contribution is 7.14. The third kappa shape index (κ3) is 4.28. The first-order chi connectivity index (χ1) is 13.2. The van der Waals surface area contributed by atoms with Crippen molar-refractivity contribution in [3.05, 3.63) is 46.4 Å². The van der Waals surface area contributed by atoms with Crippen LogP contribution in [0.2, 0.25) is 0 Å². The van der Waals surface area contributed by atoms with E-state index in [1.807, 2.05) is 11.4 Å². The molecular formula is C18H17ClFN5OS. The standard InChI is InChI=1S/C18H17ClFN5OS/c19-13-5-4-11(20)9-15(13)26-16-12(3-1-6-21-16)14-10-27-18(24-14)25-17-22-7-2-8-23-17/h1,3,6,9-10H,2,4-5,7-8H2,(H2,22,23,24,25). The number of allylic oxidation sites excluding steroid dienone is 3. The molecule has 2 N–H and O–H groups in total. The molecule has 1 aliphatic carbocycles. The smallest absolute Gasteiger partial charge is 0.228 e. The van der Waals surface area contributed by atoms with Gasteiger partial charge in [-0.25, -0.2) is 14.4 Å². The summed E-state index contributed by atoms with van der Waals surface area (Å²) in [6, 6.07) is 3.66. The molecule has 9 heteroatoms. The van der Waals surface area contributed by atoms with Crippen LogP contribution in [0.3, 0.4) is 0 Å². The van der Waals surface area contributed by atoms with E-state index >= 15 is 0 Å². The van der Waals surface area contributed by atoms with Gasteiger partial charge < -0.3 is 15.4 Å². The van der Waals surface area contributed by atoms with Crippen LogP contribution in [0.15, 0.2) is 51.4 Å². The lowest BCUT2D eigenvalue weighted by Gasteiger charge is -2.15. The van der Waals surface area contributed by atoms with Crippen molar-refractivity contribution in [3.8, 4) is 17.1 Å². The van der Waals surface area contributed by atoms with E-state index in [-0.39, 0.29) is 11.6 Å². The predicted octanol–water partition coefficient (Wildman–Crippen LogP) is 4.44. The van der Waals surface area contributed by atoms with Gasteiger partial charge in [0.25, 0.3) is 0 Å². The molecule has 2 aromatic heterocycles. The second-order valence-electron chi connectivity index (χ2n) is 5.99. The van der Waals surface area contributed by atoms with E-state index in [2.05, 4.69) is 25.6 Å². The molecule has 0 amide bonds. The fourth-order valence-electron chi connectivity index (χ4n) is 2.67. The highest BCUT2D eigenvalue weighted by Gasteiger charge is 2.18. The minimum atomic E-state index is -0.257. The van der Waals surface area contributed by atoms with E-state index in [1.54, 1.807) is 12.3 Å². The highest BCUT2D eigenvalue weighted by Crippen LogP contribution is 2.34. The normalized spacial score (nSPS) is 17.1. The van der Waals surface area contributed by atoms with Crippen LogP contribution in [0.1, 0.15) is 19.3 Å². The minimum Gasteiger partial charge on any atom is -0.437 e. The van der Waals surface area contributed by atoms with Crippen LogP contribution >= 0.6 is 22.9 Å². The van der Waals surface area contributed by atoms with Crippen molar-refractivity contribution >= 4 is 34.0 Å². The summed E-state index contributed by atoms with van der Waals surface area (Å²) in [5, 5.41) is 9.48. The van der Waals surface area contributed by atoms with Gasteiger partial charge in [-0.1, -0.05) is 11.6 Å². The maximum Gasteiger partial charge on any atom is 0.228 e. The van der Waals surface area contributed by atoms with E-state index in [0.29, 0.717) is 40.1 Å². The van der Waals surface area contributed by atoms with Crippen LogP contribution in [0.5, 0.6) is 5.88 Å². The summed E-state index contributed by atoms with van der Waals surface area (Å²) in [7, 11) is 0. The van der Waals surface area contributed by atoms with Gasteiger partial charge in [0.05, 0.1) is 16.3 Å². The Morgan fingerprint density at radius 3 is 3.11 bits per heavy atom. The van der Waals surface area contributed by atoms with Crippen LogP contribution in [0.25, 0.3) is 11.3 Å². The van der Waals surface area contributed by atoms with E-state index in [0.717, 1.165) is 25.5 Å². The number of ether oxygens (including phenoxy) is 1. The largest absolute Gasteiger partial charge is 0.437 e. The average molecular weight is 406 g/mol. The highest BCUT2D eigenvalue weighted by atomic mass is 35.5. The lowest BCUT2D eigenvalue weighted by Crippen LogP contribution is -2.35. The lowest BCUT2D eigenvalue weighted by atomic mass is 10.1. The molecule has 1 aliphatic heterocycles. The number of nitrogens with zero attached hydrogens (tertiary/aromatic N) is 3. The SMILES string of the molecule is FC1=CC(Oc2ncccc2-c2csc(NC3=NCCCN3)n2)=C(Cl)CC1. The number of aliphatic imine (C=N–C) groups is 1. The summed E-state index contributed by atoms with van der Waals surface area (Å²) >= 11 is 7.64. The molecule has 0 saturated heterocycles. The second kappa shape index (κ2) is 8.06. The van der Waals surface area contributed by atoms with Crippen LogP contribution in [-0.4, -0.2) is 29.0 Å². The molecule has 6 nitrogen and oxygen atoms in total. The van der Waals surface area contributed by atoms with Gasteiger partial charge in [-0.2, -0.15) is 0 Å². The predicted molar refractivity (Wildman–Crippen MR) is 106 cm³/mol. The van der Waals surface area contributed by atoms with Crippen LogP contribution in [-0.2, 0) is 0 Å².